The summed E-state index contributed by atoms with van der Waals surface area (Å²) in [5.74, 6) is -0.829. The molecule has 2 amide bonds. The molecule has 0 unspecified atom stereocenters. The van der Waals surface area contributed by atoms with Crippen LogP contribution < -0.4 is 20.2 Å². The first-order valence-corrected chi connectivity index (χ1v) is 10.7. The van der Waals surface area contributed by atoms with Gasteiger partial charge >= 0.3 is 11.8 Å². The van der Waals surface area contributed by atoms with Crippen LogP contribution in [0.15, 0.2) is 41.5 Å². The molecule has 3 rings (SSSR count). The Morgan fingerprint density at radius 1 is 1.19 bits per heavy atom. The molecule has 0 bridgehead atoms. The maximum atomic E-state index is 12.0. The maximum Gasteiger partial charge on any atom is 0.329 e. The zero-order valence-corrected chi connectivity index (χ0v) is 18.9. The summed E-state index contributed by atoms with van der Waals surface area (Å²) >= 11 is 12.4. The molecule has 0 saturated carbocycles. The number of carbonyl (C=O) groups is 2. The summed E-state index contributed by atoms with van der Waals surface area (Å²) in [4.78, 5) is 23.9. The van der Waals surface area contributed by atoms with Crippen LogP contribution in [0.25, 0.3) is 0 Å². The monoisotopic (exact) mass is 479 g/mol. The topological polar surface area (TPSA) is 98.2 Å². The lowest BCUT2D eigenvalue weighted by Crippen LogP contribution is -2.41. The first-order chi connectivity index (χ1) is 15.5. The minimum absolute atomic E-state index is 0.0571. The average molecular weight is 480 g/mol. The lowest BCUT2D eigenvalue weighted by atomic mass is 10.2. The fourth-order valence-electron chi connectivity index (χ4n) is 3.07. The van der Waals surface area contributed by atoms with E-state index in [0.29, 0.717) is 39.3 Å². The number of hydrogen-bond donors (Lipinski definition) is 2. The lowest BCUT2D eigenvalue weighted by molar-refractivity contribution is -0.139. The van der Waals surface area contributed by atoms with Crippen molar-refractivity contribution in [3.05, 3.63) is 57.6 Å². The van der Waals surface area contributed by atoms with Crippen molar-refractivity contribution in [2.75, 3.05) is 20.3 Å². The molecular formula is C22H23Cl2N3O5. The van der Waals surface area contributed by atoms with E-state index in [2.05, 4.69) is 15.8 Å². The number of para-hydroxylation sites is 1. The van der Waals surface area contributed by atoms with Gasteiger partial charge in [0.2, 0.25) is 0 Å². The number of halogens is 2. The molecule has 2 aromatic rings. The van der Waals surface area contributed by atoms with Crippen molar-refractivity contribution in [3.8, 4) is 11.5 Å². The summed E-state index contributed by atoms with van der Waals surface area (Å²) in [6.07, 6.45) is 3.11. The van der Waals surface area contributed by atoms with Gasteiger partial charge in [-0.15, -0.1) is 0 Å². The van der Waals surface area contributed by atoms with Crippen LogP contribution in [0.4, 0.5) is 0 Å². The van der Waals surface area contributed by atoms with E-state index in [0.717, 1.165) is 12.8 Å². The van der Waals surface area contributed by atoms with Gasteiger partial charge in [-0.3, -0.25) is 9.59 Å². The summed E-state index contributed by atoms with van der Waals surface area (Å²) in [6.45, 7) is 1.05. The van der Waals surface area contributed by atoms with E-state index in [1.807, 2.05) is 0 Å². The maximum absolute atomic E-state index is 12.0. The Hall–Kier alpha value is -2.81. The van der Waals surface area contributed by atoms with Crippen molar-refractivity contribution in [2.45, 2.75) is 25.6 Å². The SMILES string of the molecule is COc1cccc(/C=N\NC(=O)C(=O)NC[C@@H]2CCCO2)c1OCc1c(Cl)cccc1Cl. The summed E-state index contributed by atoms with van der Waals surface area (Å²) < 4.78 is 16.7. The van der Waals surface area contributed by atoms with Crippen molar-refractivity contribution in [3.63, 3.8) is 0 Å². The summed E-state index contributed by atoms with van der Waals surface area (Å²) in [5, 5.41) is 7.35. The Morgan fingerprint density at radius 3 is 2.62 bits per heavy atom. The van der Waals surface area contributed by atoms with Crippen molar-refractivity contribution < 1.29 is 23.8 Å². The van der Waals surface area contributed by atoms with E-state index < -0.39 is 11.8 Å². The molecular weight excluding hydrogens is 457 g/mol. The van der Waals surface area contributed by atoms with Crippen molar-refractivity contribution in [2.24, 2.45) is 5.10 Å². The van der Waals surface area contributed by atoms with Crippen LogP contribution in [0.5, 0.6) is 11.5 Å². The van der Waals surface area contributed by atoms with Gasteiger partial charge in [0.15, 0.2) is 11.5 Å². The van der Waals surface area contributed by atoms with Crippen LogP contribution in [0, 0.1) is 0 Å². The van der Waals surface area contributed by atoms with Crippen LogP contribution in [0.1, 0.15) is 24.0 Å². The zero-order valence-electron chi connectivity index (χ0n) is 17.4. The normalized spacial score (nSPS) is 15.5. The number of methoxy groups -OCH3 is 1. The Balaban J connectivity index is 1.63. The van der Waals surface area contributed by atoms with Crippen molar-refractivity contribution in [1.82, 2.24) is 10.7 Å². The van der Waals surface area contributed by atoms with E-state index in [1.54, 1.807) is 36.4 Å². The molecule has 0 aromatic heterocycles. The van der Waals surface area contributed by atoms with Gasteiger partial charge in [0, 0.05) is 34.3 Å². The Labute approximate surface area is 195 Å². The molecule has 1 heterocycles. The highest BCUT2D eigenvalue weighted by Gasteiger charge is 2.19. The van der Waals surface area contributed by atoms with Crippen LogP contribution in [0.2, 0.25) is 10.0 Å². The van der Waals surface area contributed by atoms with Gasteiger partial charge in [-0.05, 0) is 37.1 Å². The number of hydrazone groups is 1. The van der Waals surface area contributed by atoms with E-state index in [9.17, 15) is 9.59 Å². The summed E-state index contributed by atoms with van der Waals surface area (Å²) in [5.41, 5.74) is 3.35. The Bertz CT molecular complexity index is 973. The number of amides is 2. The number of carbonyl (C=O) groups excluding carboxylic acids is 2. The summed E-state index contributed by atoms with van der Waals surface area (Å²) in [7, 11) is 1.51. The molecule has 32 heavy (non-hydrogen) atoms. The molecule has 8 nitrogen and oxygen atoms in total. The van der Waals surface area contributed by atoms with E-state index in [4.69, 9.17) is 37.4 Å². The number of nitrogens with one attached hydrogen (secondary N) is 2. The quantitative estimate of drug-likeness (QED) is 0.343. The molecule has 1 aliphatic rings. The first-order valence-electron chi connectivity index (χ1n) is 9.95. The highest BCUT2D eigenvalue weighted by Crippen LogP contribution is 2.32. The zero-order chi connectivity index (χ0) is 22.9. The highest BCUT2D eigenvalue weighted by molar-refractivity contribution is 6.36. The first kappa shape index (κ1) is 23.8. The van der Waals surface area contributed by atoms with Crippen LogP contribution in [-0.4, -0.2) is 44.4 Å². The molecule has 1 fully saturated rings. The second-order valence-electron chi connectivity index (χ2n) is 6.91. The van der Waals surface area contributed by atoms with Crippen molar-refractivity contribution >= 4 is 41.2 Å². The number of nitrogens with zero attached hydrogens (tertiary/aromatic N) is 1. The fourth-order valence-corrected chi connectivity index (χ4v) is 3.57. The molecule has 2 N–H and O–H groups in total. The van der Waals surface area contributed by atoms with Gasteiger partial charge in [0.25, 0.3) is 0 Å². The third-order valence-electron chi connectivity index (χ3n) is 4.74. The molecule has 0 radical (unpaired) electrons. The van der Waals surface area contributed by atoms with Crippen LogP contribution in [0.3, 0.4) is 0 Å². The minimum atomic E-state index is -0.882. The molecule has 170 valence electrons. The van der Waals surface area contributed by atoms with Gasteiger partial charge in [-0.2, -0.15) is 5.10 Å². The average Bonchev–Trinajstić information content (AvgIpc) is 3.31. The highest BCUT2D eigenvalue weighted by atomic mass is 35.5. The second-order valence-corrected chi connectivity index (χ2v) is 7.73. The van der Waals surface area contributed by atoms with Gasteiger partial charge in [0.05, 0.1) is 19.4 Å². The lowest BCUT2D eigenvalue weighted by Gasteiger charge is -2.14. The third kappa shape index (κ3) is 6.35. The van der Waals surface area contributed by atoms with Crippen LogP contribution in [-0.2, 0) is 20.9 Å². The predicted molar refractivity (Wildman–Crippen MR) is 122 cm³/mol. The standard InChI is InChI=1S/C22H23Cl2N3O5/c1-30-19-9-2-5-14(20(19)32-13-16-17(23)7-3-8-18(16)24)11-26-27-22(29)21(28)25-12-15-6-4-10-31-15/h2-3,5,7-9,11,15H,4,6,10,12-13H2,1H3,(H,25,28)(H,27,29)/b26-11-/t15-/m0/s1. The summed E-state index contributed by atoms with van der Waals surface area (Å²) in [6, 6.07) is 10.4. The number of benzene rings is 2. The molecule has 10 heteroatoms. The van der Waals surface area contributed by atoms with Crippen LogP contribution >= 0.6 is 23.2 Å². The number of hydrogen-bond acceptors (Lipinski definition) is 6. The fraction of sp³-hybridized carbons (Fsp3) is 0.318. The molecule has 2 aromatic carbocycles. The Kier molecular flexibility index (Phi) is 8.72. The Morgan fingerprint density at radius 2 is 1.94 bits per heavy atom. The molecule has 0 aliphatic carbocycles. The molecule has 0 spiro atoms. The predicted octanol–water partition coefficient (Wildman–Crippen LogP) is 3.33. The van der Waals surface area contributed by atoms with Gasteiger partial charge < -0.3 is 19.5 Å². The number of ether oxygens (including phenoxy) is 3. The van der Waals surface area contributed by atoms with Gasteiger partial charge in [-0.25, -0.2) is 5.43 Å². The van der Waals surface area contributed by atoms with Gasteiger partial charge in [0.1, 0.15) is 6.61 Å². The largest absolute Gasteiger partial charge is 0.493 e. The molecule has 1 atom stereocenters. The molecule has 1 aliphatic heterocycles. The van der Waals surface area contributed by atoms with Gasteiger partial charge in [-0.1, -0.05) is 35.3 Å². The van der Waals surface area contributed by atoms with E-state index in [-0.39, 0.29) is 19.3 Å². The van der Waals surface area contributed by atoms with E-state index in [1.165, 1.54) is 13.3 Å². The van der Waals surface area contributed by atoms with E-state index >= 15 is 0 Å². The number of rotatable bonds is 8. The second kappa shape index (κ2) is 11.7. The smallest absolute Gasteiger partial charge is 0.329 e. The third-order valence-corrected chi connectivity index (χ3v) is 5.45. The minimum Gasteiger partial charge on any atom is -0.493 e. The molecule has 1 saturated heterocycles. The van der Waals surface area contributed by atoms with Crippen molar-refractivity contribution in [1.29, 1.82) is 0 Å².